The summed E-state index contributed by atoms with van der Waals surface area (Å²) in [6.07, 6.45) is 0.881. The molecule has 0 radical (unpaired) electrons. The van der Waals surface area contributed by atoms with Crippen molar-refractivity contribution in [3.63, 3.8) is 0 Å². The van der Waals surface area contributed by atoms with Gasteiger partial charge in [-0.1, -0.05) is 32.0 Å². The monoisotopic (exact) mass is 330 g/mol. The molecule has 2 aromatic rings. The van der Waals surface area contributed by atoms with Crippen LogP contribution in [0.25, 0.3) is 10.9 Å². The molecule has 0 saturated heterocycles. The zero-order valence-electron chi connectivity index (χ0n) is 14.7. The highest BCUT2D eigenvalue weighted by molar-refractivity contribution is 5.86. The van der Waals surface area contributed by atoms with Crippen LogP contribution < -0.4 is 0 Å². The highest BCUT2D eigenvalue weighted by Crippen LogP contribution is 2.38. The molecule has 0 spiro atoms. The summed E-state index contributed by atoms with van der Waals surface area (Å²) in [5.74, 6) is 0.383. The first-order valence-electron chi connectivity index (χ1n) is 8.59. The minimum atomic E-state index is 0.0501. The molecule has 0 unspecified atom stereocenters. The number of carbonyl (C=O) groups is 1. The van der Waals surface area contributed by atoms with E-state index in [1.807, 2.05) is 11.0 Å². The van der Waals surface area contributed by atoms with E-state index in [0.29, 0.717) is 19.1 Å². The second-order valence-electron chi connectivity index (χ2n) is 6.63. The Labute approximate surface area is 142 Å². The number of aromatic nitrogens is 1. The fourth-order valence-corrected chi connectivity index (χ4v) is 3.63. The first-order chi connectivity index (χ1) is 11.6. The highest BCUT2D eigenvalue weighted by Gasteiger charge is 2.34. The van der Waals surface area contributed by atoms with Gasteiger partial charge >= 0.3 is 0 Å². The molecule has 1 N–H and O–H groups in total. The Bertz CT molecular complexity index is 708. The van der Waals surface area contributed by atoms with Crippen LogP contribution in [0, 0.1) is 5.92 Å². The lowest BCUT2D eigenvalue weighted by molar-refractivity contribution is -0.140. The second-order valence-corrected chi connectivity index (χ2v) is 6.63. The summed E-state index contributed by atoms with van der Waals surface area (Å²) in [6.45, 7) is 6.13. The van der Waals surface area contributed by atoms with Crippen LogP contribution in [0.1, 0.15) is 31.1 Å². The van der Waals surface area contributed by atoms with Crippen molar-refractivity contribution in [1.29, 1.82) is 0 Å². The Morgan fingerprint density at radius 1 is 1.33 bits per heavy atom. The number of amides is 1. The molecule has 2 heterocycles. The summed E-state index contributed by atoms with van der Waals surface area (Å²) in [7, 11) is 1.63. The average Bonchev–Trinajstić information content (AvgIpc) is 2.96. The van der Waals surface area contributed by atoms with Gasteiger partial charge in [-0.2, -0.15) is 0 Å². The maximum atomic E-state index is 12.6. The van der Waals surface area contributed by atoms with Crippen LogP contribution in [0.3, 0.4) is 0 Å². The highest BCUT2D eigenvalue weighted by atomic mass is 16.5. The fraction of sp³-hybridized carbons (Fsp3) is 0.526. The van der Waals surface area contributed by atoms with E-state index < -0.39 is 0 Å². The van der Waals surface area contributed by atoms with E-state index in [9.17, 15) is 4.79 Å². The van der Waals surface area contributed by atoms with Gasteiger partial charge < -0.3 is 19.4 Å². The standard InChI is InChI=1S/C19H26N2O3/c1-13(2)19-18-15(14-6-4-5-7-16(14)20-18)8-9-21(19)17(22)12-24-11-10-23-3/h4-7,13,19-20H,8-12H2,1-3H3/t19-/m1/s1. The first-order valence-corrected chi connectivity index (χ1v) is 8.59. The van der Waals surface area contributed by atoms with E-state index in [4.69, 9.17) is 9.47 Å². The maximum Gasteiger partial charge on any atom is 0.249 e. The Hall–Kier alpha value is -1.85. The number of carbonyl (C=O) groups excluding carboxylic acids is 1. The number of fused-ring (bicyclic) bond motifs is 3. The molecular formula is C19H26N2O3. The zero-order valence-corrected chi connectivity index (χ0v) is 14.7. The van der Waals surface area contributed by atoms with Gasteiger partial charge in [-0.15, -0.1) is 0 Å². The van der Waals surface area contributed by atoms with Crippen LogP contribution in [-0.4, -0.2) is 49.3 Å². The number of H-pyrrole nitrogens is 1. The minimum absolute atomic E-state index is 0.0501. The molecule has 3 rings (SSSR count). The first kappa shape index (κ1) is 17.0. The number of ether oxygens (including phenoxy) is 2. The van der Waals surface area contributed by atoms with Crippen LogP contribution >= 0.6 is 0 Å². The molecular weight excluding hydrogens is 304 g/mol. The van der Waals surface area contributed by atoms with Crippen LogP contribution in [-0.2, 0) is 20.7 Å². The van der Waals surface area contributed by atoms with E-state index in [0.717, 1.165) is 18.5 Å². The smallest absolute Gasteiger partial charge is 0.249 e. The summed E-state index contributed by atoms with van der Waals surface area (Å²) in [5.41, 5.74) is 3.69. The number of rotatable bonds is 6. The summed E-state index contributed by atoms with van der Waals surface area (Å²) >= 11 is 0. The average molecular weight is 330 g/mol. The Kier molecular flexibility index (Phi) is 5.21. The molecule has 5 heteroatoms. The van der Waals surface area contributed by atoms with Crippen molar-refractivity contribution in [1.82, 2.24) is 9.88 Å². The van der Waals surface area contributed by atoms with Crippen molar-refractivity contribution in [3.05, 3.63) is 35.5 Å². The normalized spacial score (nSPS) is 17.5. The topological polar surface area (TPSA) is 54.6 Å². The molecule has 0 saturated carbocycles. The summed E-state index contributed by atoms with van der Waals surface area (Å²) in [6, 6.07) is 8.45. The molecule has 1 aromatic carbocycles. The van der Waals surface area contributed by atoms with Gasteiger partial charge in [0.25, 0.3) is 0 Å². The SMILES string of the molecule is COCCOCC(=O)N1CCc2c([nH]c3ccccc23)[C@H]1C(C)C. The second kappa shape index (κ2) is 7.36. The lowest BCUT2D eigenvalue weighted by Crippen LogP contribution is -2.44. The van der Waals surface area contributed by atoms with E-state index >= 15 is 0 Å². The third-order valence-corrected chi connectivity index (χ3v) is 4.69. The molecule has 5 nitrogen and oxygen atoms in total. The van der Waals surface area contributed by atoms with E-state index in [1.165, 1.54) is 16.6 Å². The number of methoxy groups -OCH3 is 1. The van der Waals surface area contributed by atoms with Crippen LogP contribution in [0.15, 0.2) is 24.3 Å². The van der Waals surface area contributed by atoms with Gasteiger partial charge in [0, 0.05) is 30.3 Å². The molecule has 0 aliphatic carbocycles. The molecule has 0 bridgehead atoms. The third kappa shape index (κ3) is 3.19. The molecule has 1 amide bonds. The number of nitrogens with zero attached hydrogens (tertiary/aromatic N) is 1. The van der Waals surface area contributed by atoms with Gasteiger partial charge in [-0.25, -0.2) is 0 Å². The van der Waals surface area contributed by atoms with Crippen LogP contribution in [0.4, 0.5) is 0 Å². The van der Waals surface area contributed by atoms with Crippen molar-refractivity contribution in [2.75, 3.05) is 33.5 Å². The largest absolute Gasteiger partial charge is 0.382 e. The van der Waals surface area contributed by atoms with Gasteiger partial charge in [0.05, 0.1) is 19.3 Å². The van der Waals surface area contributed by atoms with Crippen molar-refractivity contribution < 1.29 is 14.3 Å². The Morgan fingerprint density at radius 2 is 2.12 bits per heavy atom. The number of hydrogen-bond donors (Lipinski definition) is 1. The van der Waals surface area contributed by atoms with Gasteiger partial charge in [-0.3, -0.25) is 4.79 Å². The van der Waals surface area contributed by atoms with E-state index in [2.05, 4.69) is 37.0 Å². The number of hydrogen-bond acceptors (Lipinski definition) is 3. The third-order valence-electron chi connectivity index (χ3n) is 4.69. The van der Waals surface area contributed by atoms with Crippen molar-refractivity contribution in [2.45, 2.75) is 26.3 Å². The molecule has 1 atom stereocenters. The molecule has 1 aromatic heterocycles. The number of benzene rings is 1. The lowest BCUT2D eigenvalue weighted by Gasteiger charge is -2.38. The minimum Gasteiger partial charge on any atom is -0.382 e. The summed E-state index contributed by atoms with van der Waals surface area (Å²) in [4.78, 5) is 18.2. The molecule has 24 heavy (non-hydrogen) atoms. The van der Waals surface area contributed by atoms with Crippen molar-refractivity contribution in [2.24, 2.45) is 5.92 Å². The predicted octanol–water partition coefficient (Wildman–Crippen LogP) is 2.91. The molecule has 0 fully saturated rings. The van der Waals surface area contributed by atoms with E-state index in [-0.39, 0.29) is 18.6 Å². The van der Waals surface area contributed by atoms with Gasteiger partial charge in [-0.05, 0) is 24.0 Å². The molecule has 1 aliphatic rings. The Morgan fingerprint density at radius 3 is 2.88 bits per heavy atom. The quantitative estimate of drug-likeness (QED) is 0.829. The van der Waals surface area contributed by atoms with E-state index in [1.54, 1.807) is 7.11 Å². The maximum absolute atomic E-state index is 12.6. The van der Waals surface area contributed by atoms with Crippen LogP contribution in [0.2, 0.25) is 0 Å². The lowest BCUT2D eigenvalue weighted by atomic mass is 9.90. The summed E-state index contributed by atoms with van der Waals surface area (Å²) < 4.78 is 10.4. The van der Waals surface area contributed by atoms with Crippen LogP contribution in [0.5, 0.6) is 0 Å². The zero-order chi connectivity index (χ0) is 17.1. The summed E-state index contributed by atoms with van der Waals surface area (Å²) in [5, 5.41) is 1.28. The Balaban J connectivity index is 1.84. The predicted molar refractivity (Wildman–Crippen MR) is 94.0 cm³/mol. The number of para-hydroxylation sites is 1. The van der Waals surface area contributed by atoms with Crippen molar-refractivity contribution in [3.8, 4) is 0 Å². The number of aromatic amines is 1. The number of nitrogens with one attached hydrogen (secondary N) is 1. The van der Waals surface area contributed by atoms with Gasteiger partial charge in [0.1, 0.15) is 6.61 Å². The van der Waals surface area contributed by atoms with Gasteiger partial charge in [0.2, 0.25) is 5.91 Å². The van der Waals surface area contributed by atoms with Gasteiger partial charge in [0.15, 0.2) is 0 Å². The molecule has 1 aliphatic heterocycles. The fourth-order valence-electron chi connectivity index (χ4n) is 3.63. The molecule has 130 valence electrons. The van der Waals surface area contributed by atoms with Crippen molar-refractivity contribution >= 4 is 16.8 Å².